The molecule has 2 fully saturated rings. The highest BCUT2D eigenvalue weighted by Crippen LogP contribution is 2.29. The number of anilines is 1. The van der Waals surface area contributed by atoms with Crippen LogP contribution in [0.15, 0.2) is 6.20 Å². The van der Waals surface area contributed by atoms with Crippen LogP contribution in [0.5, 0.6) is 6.01 Å². The van der Waals surface area contributed by atoms with Crippen molar-refractivity contribution in [1.82, 2.24) is 20.2 Å². The number of ether oxygens (including phenoxy) is 1. The zero-order chi connectivity index (χ0) is 14.3. The lowest BCUT2D eigenvalue weighted by Gasteiger charge is -2.36. The minimum Gasteiger partial charge on any atom is -0.467 e. The minimum atomic E-state index is -0.0202. The topological polar surface area (TPSA) is 70.6 Å². The fourth-order valence-electron chi connectivity index (χ4n) is 2.81. The molecule has 108 valence electrons. The smallest absolute Gasteiger partial charge is 0.318 e. The Morgan fingerprint density at radius 3 is 3.10 bits per heavy atom. The summed E-state index contributed by atoms with van der Waals surface area (Å²) in [6.07, 6.45) is 2.41. The highest BCUT2D eigenvalue weighted by atomic mass is 35.5. The third-order valence-corrected chi connectivity index (χ3v) is 4.16. The molecular formula is C12H16ClN5O2. The van der Waals surface area contributed by atoms with Gasteiger partial charge in [0.2, 0.25) is 0 Å². The monoisotopic (exact) mass is 297 g/mol. The molecule has 0 bridgehead atoms. The number of aromatic nitrogens is 2. The van der Waals surface area contributed by atoms with Crippen LogP contribution in [-0.2, 0) is 0 Å². The van der Waals surface area contributed by atoms with Gasteiger partial charge in [-0.2, -0.15) is 4.98 Å². The largest absolute Gasteiger partial charge is 0.467 e. The first-order chi connectivity index (χ1) is 9.60. The summed E-state index contributed by atoms with van der Waals surface area (Å²) in [5.41, 5.74) is 0. The van der Waals surface area contributed by atoms with E-state index in [9.17, 15) is 4.79 Å². The van der Waals surface area contributed by atoms with Crippen molar-refractivity contribution in [3.05, 3.63) is 11.2 Å². The van der Waals surface area contributed by atoms with Gasteiger partial charge < -0.3 is 19.9 Å². The van der Waals surface area contributed by atoms with E-state index >= 15 is 0 Å². The van der Waals surface area contributed by atoms with Crippen molar-refractivity contribution in [3.63, 3.8) is 0 Å². The van der Waals surface area contributed by atoms with Gasteiger partial charge in [0.1, 0.15) is 5.02 Å². The molecule has 2 saturated heterocycles. The first-order valence-corrected chi connectivity index (χ1v) is 6.82. The van der Waals surface area contributed by atoms with Crippen molar-refractivity contribution >= 4 is 23.4 Å². The van der Waals surface area contributed by atoms with E-state index < -0.39 is 0 Å². The quantitative estimate of drug-likeness (QED) is 0.872. The SMILES string of the molecule is COc1ncc(Cl)c(N2CC[C@H]3[C@@H](C2)NC(=O)N3C)n1. The fourth-order valence-corrected chi connectivity index (χ4v) is 3.02. The predicted octanol–water partition coefficient (Wildman–Crippen LogP) is 0.741. The Hall–Kier alpha value is -1.76. The minimum absolute atomic E-state index is 0.0202. The lowest BCUT2D eigenvalue weighted by Crippen LogP contribution is -2.51. The highest BCUT2D eigenvalue weighted by Gasteiger charge is 2.41. The second-order valence-electron chi connectivity index (χ2n) is 5.00. The number of nitrogens with one attached hydrogen (secondary N) is 1. The molecule has 7 nitrogen and oxygen atoms in total. The summed E-state index contributed by atoms with van der Waals surface area (Å²) in [5.74, 6) is 0.653. The number of hydrogen-bond donors (Lipinski definition) is 1. The number of carbonyl (C=O) groups is 1. The summed E-state index contributed by atoms with van der Waals surface area (Å²) in [6.45, 7) is 1.47. The van der Waals surface area contributed by atoms with Gasteiger partial charge in [0.25, 0.3) is 0 Å². The van der Waals surface area contributed by atoms with Crippen molar-refractivity contribution in [1.29, 1.82) is 0 Å². The Balaban J connectivity index is 1.82. The highest BCUT2D eigenvalue weighted by molar-refractivity contribution is 6.32. The molecule has 0 spiro atoms. The molecule has 0 aromatic carbocycles. The number of piperidine rings is 1. The zero-order valence-corrected chi connectivity index (χ0v) is 12.1. The molecule has 2 aliphatic rings. The fraction of sp³-hybridized carbons (Fsp3) is 0.583. The summed E-state index contributed by atoms with van der Waals surface area (Å²) in [4.78, 5) is 23.8. The summed E-state index contributed by atoms with van der Waals surface area (Å²) in [5, 5.41) is 3.47. The van der Waals surface area contributed by atoms with E-state index in [1.165, 1.54) is 13.3 Å². The molecule has 0 saturated carbocycles. The van der Waals surface area contributed by atoms with Crippen molar-refractivity contribution in [2.45, 2.75) is 18.5 Å². The van der Waals surface area contributed by atoms with Crippen LogP contribution < -0.4 is 15.0 Å². The van der Waals surface area contributed by atoms with E-state index in [0.717, 1.165) is 13.0 Å². The molecule has 1 aromatic heterocycles. The van der Waals surface area contributed by atoms with Crippen LogP contribution in [0.4, 0.5) is 10.6 Å². The summed E-state index contributed by atoms with van der Waals surface area (Å²) < 4.78 is 5.04. The number of fused-ring (bicyclic) bond motifs is 1. The number of methoxy groups -OCH3 is 1. The average Bonchev–Trinajstić information content (AvgIpc) is 2.74. The Morgan fingerprint density at radius 2 is 2.35 bits per heavy atom. The van der Waals surface area contributed by atoms with Gasteiger partial charge in [-0.15, -0.1) is 0 Å². The average molecular weight is 298 g/mol. The van der Waals surface area contributed by atoms with Gasteiger partial charge in [0.05, 0.1) is 25.4 Å². The Kier molecular flexibility index (Phi) is 3.29. The normalized spacial score (nSPS) is 25.4. The van der Waals surface area contributed by atoms with Gasteiger partial charge in [-0.3, -0.25) is 0 Å². The van der Waals surface area contributed by atoms with Crippen molar-refractivity contribution < 1.29 is 9.53 Å². The van der Waals surface area contributed by atoms with Crippen LogP contribution in [0, 0.1) is 0 Å². The number of urea groups is 1. The van der Waals surface area contributed by atoms with Crippen molar-refractivity contribution in [2.24, 2.45) is 0 Å². The van der Waals surface area contributed by atoms with Gasteiger partial charge in [-0.05, 0) is 6.42 Å². The standard InChI is InChI=1S/C12H16ClN5O2/c1-17-9-3-4-18(6-8(9)15-12(17)19)10-7(13)5-14-11(16-10)20-2/h5,8-9H,3-4,6H2,1-2H3,(H,15,19)/t8-,9+/m1/s1. The molecule has 2 amide bonds. The molecule has 0 unspecified atom stereocenters. The maximum atomic E-state index is 11.7. The van der Waals surface area contributed by atoms with Crippen LogP contribution in [0.25, 0.3) is 0 Å². The van der Waals surface area contributed by atoms with Gasteiger partial charge in [0, 0.05) is 20.1 Å². The van der Waals surface area contributed by atoms with Crippen molar-refractivity contribution in [2.75, 3.05) is 32.1 Å². The number of hydrogen-bond acceptors (Lipinski definition) is 5. The van der Waals surface area contributed by atoms with Crippen LogP contribution >= 0.6 is 11.6 Å². The van der Waals surface area contributed by atoms with E-state index in [1.54, 1.807) is 4.90 Å². The number of nitrogens with zero attached hydrogens (tertiary/aromatic N) is 4. The maximum absolute atomic E-state index is 11.7. The molecule has 1 aromatic rings. The molecule has 1 N–H and O–H groups in total. The number of carbonyl (C=O) groups excluding carboxylic acids is 1. The molecule has 0 radical (unpaired) electrons. The second kappa shape index (κ2) is 4.97. The Labute approximate surface area is 121 Å². The molecule has 3 rings (SSSR count). The van der Waals surface area contributed by atoms with E-state index in [0.29, 0.717) is 23.4 Å². The Morgan fingerprint density at radius 1 is 1.55 bits per heavy atom. The summed E-state index contributed by atoms with van der Waals surface area (Å²) >= 11 is 6.17. The number of amides is 2. The zero-order valence-electron chi connectivity index (χ0n) is 11.3. The lowest BCUT2D eigenvalue weighted by molar-refractivity contribution is 0.212. The van der Waals surface area contributed by atoms with Gasteiger partial charge in [0.15, 0.2) is 5.82 Å². The van der Waals surface area contributed by atoms with Gasteiger partial charge in [-0.25, -0.2) is 9.78 Å². The van der Waals surface area contributed by atoms with E-state index in [-0.39, 0.29) is 18.1 Å². The van der Waals surface area contributed by atoms with E-state index in [4.69, 9.17) is 16.3 Å². The summed E-state index contributed by atoms with van der Waals surface area (Å²) in [6, 6.07) is 0.604. The van der Waals surface area contributed by atoms with E-state index in [2.05, 4.69) is 20.2 Å². The molecule has 3 heterocycles. The maximum Gasteiger partial charge on any atom is 0.318 e. The number of rotatable bonds is 2. The molecule has 2 atom stereocenters. The van der Waals surface area contributed by atoms with E-state index in [1.807, 2.05) is 7.05 Å². The van der Waals surface area contributed by atoms with Crippen LogP contribution in [0.3, 0.4) is 0 Å². The third kappa shape index (κ3) is 2.11. The first-order valence-electron chi connectivity index (χ1n) is 6.45. The van der Waals surface area contributed by atoms with Crippen LogP contribution in [-0.4, -0.2) is 60.2 Å². The molecule has 2 aliphatic heterocycles. The van der Waals surface area contributed by atoms with Gasteiger partial charge >= 0.3 is 12.0 Å². The third-order valence-electron chi connectivity index (χ3n) is 3.89. The molecule has 20 heavy (non-hydrogen) atoms. The van der Waals surface area contributed by atoms with Gasteiger partial charge in [-0.1, -0.05) is 11.6 Å². The summed E-state index contributed by atoms with van der Waals surface area (Å²) in [7, 11) is 3.35. The second-order valence-corrected chi connectivity index (χ2v) is 5.40. The first kappa shape index (κ1) is 13.2. The number of halogens is 1. The lowest BCUT2D eigenvalue weighted by atomic mass is 10.0. The van der Waals surface area contributed by atoms with Crippen molar-refractivity contribution in [3.8, 4) is 6.01 Å². The van der Waals surface area contributed by atoms with Crippen LogP contribution in [0.1, 0.15) is 6.42 Å². The molecular weight excluding hydrogens is 282 g/mol. The molecule has 8 heteroatoms. The predicted molar refractivity (Wildman–Crippen MR) is 74.3 cm³/mol. The molecule has 0 aliphatic carbocycles. The Bertz CT molecular complexity index is 541. The number of likely N-dealkylation sites (N-methyl/N-ethyl adjacent to an activating group) is 1. The van der Waals surface area contributed by atoms with Crippen LogP contribution in [0.2, 0.25) is 5.02 Å².